The lowest BCUT2D eigenvalue weighted by Gasteiger charge is -2.32. The van der Waals surface area contributed by atoms with Crippen molar-refractivity contribution < 1.29 is 14.8 Å². The van der Waals surface area contributed by atoms with Crippen molar-refractivity contribution in [2.24, 2.45) is 0 Å². The van der Waals surface area contributed by atoms with Crippen LogP contribution in [0.4, 0.5) is 17.5 Å². The van der Waals surface area contributed by atoms with E-state index in [9.17, 15) is 15.2 Å². The average molecular weight is 297 g/mol. The molecule has 116 valence electrons. The van der Waals surface area contributed by atoms with Crippen LogP contribution in [0, 0.1) is 10.1 Å². The second-order valence-electron chi connectivity index (χ2n) is 4.91. The largest absolute Gasteiger partial charge is 0.388 e. The zero-order valence-corrected chi connectivity index (χ0v) is 11.8. The van der Waals surface area contributed by atoms with Crippen LogP contribution in [0.3, 0.4) is 0 Å². The predicted molar refractivity (Wildman–Crippen MR) is 76.3 cm³/mol. The third-order valence-electron chi connectivity index (χ3n) is 3.31. The van der Waals surface area contributed by atoms with E-state index in [0.717, 1.165) is 6.20 Å². The molecule has 2 rings (SSSR count). The molecule has 9 heteroatoms. The summed E-state index contributed by atoms with van der Waals surface area (Å²) in [7, 11) is 0. The van der Waals surface area contributed by atoms with Crippen molar-refractivity contribution in [2.45, 2.75) is 25.4 Å². The van der Waals surface area contributed by atoms with Gasteiger partial charge >= 0.3 is 5.69 Å². The van der Waals surface area contributed by atoms with E-state index in [1.54, 1.807) is 0 Å². The molecule has 1 aromatic heterocycles. The molecule has 3 N–H and O–H groups in total. The minimum atomic E-state index is -0.935. The molecular weight excluding hydrogens is 278 g/mol. The lowest BCUT2D eigenvalue weighted by Crippen LogP contribution is -2.42. The van der Waals surface area contributed by atoms with Crippen LogP contribution in [0.5, 0.6) is 0 Å². The number of anilines is 2. The second kappa shape index (κ2) is 6.64. The summed E-state index contributed by atoms with van der Waals surface area (Å²) < 4.78 is 5.20. The van der Waals surface area contributed by atoms with Crippen molar-refractivity contribution in [2.75, 3.05) is 36.9 Å². The first kappa shape index (κ1) is 15.4. The molecule has 0 aliphatic carbocycles. The molecule has 0 spiro atoms. The van der Waals surface area contributed by atoms with Crippen LogP contribution in [-0.4, -0.2) is 51.9 Å². The molecule has 9 nitrogen and oxygen atoms in total. The van der Waals surface area contributed by atoms with E-state index in [1.807, 2.05) is 6.92 Å². The van der Waals surface area contributed by atoms with Crippen LogP contribution < -0.4 is 10.6 Å². The van der Waals surface area contributed by atoms with Gasteiger partial charge in [-0.05, 0) is 6.92 Å². The molecule has 21 heavy (non-hydrogen) atoms. The van der Waals surface area contributed by atoms with Crippen molar-refractivity contribution in [1.29, 1.82) is 0 Å². The molecule has 1 aliphatic rings. The maximum atomic E-state index is 11.0. The van der Waals surface area contributed by atoms with Gasteiger partial charge in [0.2, 0.25) is 11.8 Å². The number of nitro groups is 1. The summed E-state index contributed by atoms with van der Waals surface area (Å²) in [6, 6.07) is 0. The summed E-state index contributed by atoms with van der Waals surface area (Å²) in [4.78, 5) is 18.4. The van der Waals surface area contributed by atoms with Crippen molar-refractivity contribution >= 4 is 17.5 Å². The molecule has 0 bridgehead atoms. The first-order chi connectivity index (χ1) is 10.0. The number of aromatic nitrogens is 2. The molecule has 1 fully saturated rings. The smallest absolute Gasteiger partial charge is 0.329 e. The topological polar surface area (TPSA) is 122 Å². The predicted octanol–water partition coefficient (Wildman–Crippen LogP) is 0.770. The zero-order chi connectivity index (χ0) is 15.3. The fourth-order valence-electron chi connectivity index (χ4n) is 2.06. The van der Waals surface area contributed by atoms with Crippen molar-refractivity contribution in [3.05, 3.63) is 16.3 Å². The number of nitrogens with zero attached hydrogens (tertiary/aromatic N) is 3. The SMILES string of the molecule is CCNc1ncc([N+](=O)[O-])c(NCC2(O)CCOCC2)n1. The molecular formula is C12H19N5O4. The molecule has 1 saturated heterocycles. The molecule has 0 radical (unpaired) electrons. The van der Waals surface area contributed by atoms with Gasteiger partial charge in [0, 0.05) is 39.1 Å². The number of ether oxygens (including phenoxy) is 1. The highest BCUT2D eigenvalue weighted by atomic mass is 16.6. The van der Waals surface area contributed by atoms with Gasteiger partial charge in [-0.25, -0.2) is 4.98 Å². The lowest BCUT2D eigenvalue weighted by atomic mass is 9.94. The third-order valence-corrected chi connectivity index (χ3v) is 3.31. The molecule has 2 heterocycles. The van der Waals surface area contributed by atoms with Crippen LogP contribution in [0.2, 0.25) is 0 Å². The molecule has 1 aliphatic heterocycles. The van der Waals surface area contributed by atoms with Gasteiger partial charge < -0.3 is 20.5 Å². The van der Waals surface area contributed by atoms with E-state index in [2.05, 4.69) is 20.6 Å². The first-order valence-electron chi connectivity index (χ1n) is 6.83. The summed E-state index contributed by atoms with van der Waals surface area (Å²) >= 11 is 0. The minimum absolute atomic E-state index is 0.103. The van der Waals surface area contributed by atoms with Crippen molar-refractivity contribution in [3.8, 4) is 0 Å². The fourth-order valence-corrected chi connectivity index (χ4v) is 2.06. The Balaban J connectivity index is 2.12. The zero-order valence-electron chi connectivity index (χ0n) is 11.8. The van der Waals surface area contributed by atoms with Gasteiger partial charge in [-0.1, -0.05) is 0 Å². The Hall–Kier alpha value is -2.00. The van der Waals surface area contributed by atoms with Gasteiger partial charge in [0.1, 0.15) is 6.20 Å². The summed E-state index contributed by atoms with van der Waals surface area (Å²) in [6.07, 6.45) is 2.12. The quantitative estimate of drug-likeness (QED) is 0.520. The van der Waals surface area contributed by atoms with Crippen LogP contribution in [0.1, 0.15) is 19.8 Å². The highest BCUT2D eigenvalue weighted by molar-refractivity contribution is 5.57. The van der Waals surface area contributed by atoms with Crippen LogP contribution in [-0.2, 0) is 4.74 Å². The number of hydrogen-bond donors (Lipinski definition) is 3. The Morgan fingerprint density at radius 1 is 1.48 bits per heavy atom. The van der Waals surface area contributed by atoms with Gasteiger partial charge in [0.25, 0.3) is 0 Å². The number of aliphatic hydroxyl groups is 1. The fraction of sp³-hybridized carbons (Fsp3) is 0.667. The Labute approximate surface area is 121 Å². The molecule has 0 atom stereocenters. The van der Waals surface area contributed by atoms with Crippen molar-refractivity contribution in [3.63, 3.8) is 0 Å². The van der Waals surface area contributed by atoms with E-state index in [-0.39, 0.29) is 18.1 Å². The standard InChI is InChI=1S/C12H19N5O4/c1-2-13-11-14-7-9(17(19)20)10(16-11)15-8-12(18)3-5-21-6-4-12/h7,18H,2-6,8H2,1H3,(H2,13,14,15,16). The Bertz CT molecular complexity index is 504. The summed E-state index contributed by atoms with van der Waals surface area (Å²) in [5.74, 6) is 0.412. The van der Waals surface area contributed by atoms with E-state index < -0.39 is 10.5 Å². The summed E-state index contributed by atoms with van der Waals surface area (Å²) in [6.45, 7) is 3.63. The van der Waals surface area contributed by atoms with Gasteiger partial charge in [-0.15, -0.1) is 0 Å². The summed E-state index contributed by atoms with van der Waals surface area (Å²) in [5.41, 5.74) is -1.15. The maximum Gasteiger partial charge on any atom is 0.329 e. The lowest BCUT2D eigenvalue weighted by molar-refractivity contribution is -0.384. The Kier molecular flexibility index (Phi) is 4.86. The van der Waals surface area contributed by atoms with E-state index in [4.69, 9.17) is 4.74 Å². The van der Waals surface area contributed by atoms with E-state index >= 15 is 0 Å². The molecule has 0 amide bonds. The Morgan fingerprint density at radius 3 is 2.81 bits per heavy atom. The van der Waals surface area contributed by atoms with Crippen LogP contribution >= 0.6 is 0 Å². The monoisotopic (exact) mass is 297 g/mol. The van der Waals surface area contributed by atoms with Gasteiger partial charge in [0.15, 0.2) is 0 Å². The number of nitrogens with one attached hydrogen (secondary N) is 2. The highest BCUT2D eigenvalue weighted by Gasteiger charge is 2.30. The van der Waals surface area contributed by atoms with Crippen LogP contribution in [0.25, 0.3) is 0 Å². The number of rotatable bonds is 6. The maximum absolute atomic E-state index is 11.0. The second-order valence-corrected chi connectivity index (χ2v) is 4.91. The van der Waals surface area contributed by atoms with Crippen LogP contribution in [0.15, 0.2) is 6.20 Å². The van der Waals surface area contributed by atoms with Gasteiger partial charge in [0.05, 0.1) is 10.5 Å². The average Bonchev–Trinajstić information content (AvgIpc) is 2.46. The van der Waals surface area contributed by atoms with Gasteiger partial charge in [-0.3, -0.25) is 10.1 Å². The first-order valence-corrected chi connectivity index (χ1v) is 6.83. The molecule has 0 saturated carbocycles. The highest BCUT2D eigenvalue weighted by Crippen LogP contribution is 2.25. The number of hydrogen-bond acceptors (Lipinski definition) is 8. The minimum Gasteiger partial charge on any atom is -0.388 e. The Morgan fingerprint density at radius 2 is 2.19 bits per heavy atom. The third kappa shape index (κ3) is 3.99. The van der Waals surface area contributed by atoms with E-state index in [0.29, 0.717) is 38.5 Å². The normalized spacial score (nSPS) is 17.2. The molecule has 0 unspecified atom stereocenters. The van der Waals surface area contributed by atoms with Crippen molar-refractivity contribution in [1.82, 2.24) is 9.97 Å². The molecule has 1 aromatic rings. The summed E-state index contributed by atoms with van der Waals surface area (Å²) in [5, 5.41) is 27.1. The van der Waals surface area contributed by atoms with Gasteiger partial charge in [-0.2, -0.15) is 4.98 Å². The van der Waals surface area contributed by atoms with E-state index in [1.165, 1.54) is 0 Å². The molecule has 0 aromatic carbocycles.